The molecule has 0 aliphatic rings. The van der Waals surface area contributed by atoms with Gasteiger partial charge in [-0.05, 0) is 29.8 Å². The number of rotatable bonds is 7. The zero-order valence-corrected chi connectivity index (χ0v) is 13.6. The fourth-order valence-corrected chi connectivity index (χ4v) is 2.14. The molecular formula is C19H19FN2O3. The highest BCUT2D eigenvalue weighted by molar-refractivity contribution is 5.92. The fourth-order valence-electron chi connectivity index (χ4n) is 2.14. The van der Waals surface area contributed by atoms with Crippen LogP contribution in [0.3, 0.4) is 0 Å². The van der Waals surface area contributed by atoms with E-state index in [4.69, 9.17) is 4.74 Å². The van der Waals surface area contributed by atoms with E-state index in [2.05, 4.69) is 17.2 Å². The molecule has 6 heteroatoms. The van der Waals surface area contributed by atoms with Gasteiger partial charge in [0.25, 0.3) is 0 Å². The molecule has 1 unspecified atom stereocenters. The number of nitrogens with one attached hydrogen (secondary N) is 2. The lowest BCUT2D eigenvalue weighted by molar-refractivity contribution is -0.144. The van der Waals surface area contributed by atoms with Crippen LogP contribution >= 0.6 is 0 Å². The van der Waals surface area contributed by atoms with Crippen molar-refractivity contribution in [2.75, 3.05) is 11.9 Å². The number of benzene rings is 2. The summed E-state index contributed by atoms with van der Waals surface area (Å²) in [6.45, 7) is 3.55. The molecule has 0 spiro atoms. The minimum atomic E-state index is -0.859. The Morgan fingerprint density at radius 1 is 1.12 bits per heavy atom. The number of carbonyl (C=O) groups excluding carboxylic acids is 2. The zero-order chi connectivity index (χ0) is 18.1. The van der Waals surface area contributed by atoms with E-state index in [9.17, 15) is 14.0 Å². The average Bonchev–Trinajstić information content (AvgIpc) is 2.62. The third-order valence-electron chi connectivity index (χ3n) is 3.32. The van der Waals surface area contributed by atoms with Crippen LogP contribution in [0, 0.1) is 5.82 Å². The van der Waals surface area contributed by atoms with Gasteiger partial charge in [0.05, 0.1) is 0 Å². The van der Waals surface area contributed by atoms with E-state index in [1.807, 2.05) is 30.3 Å². The van der Waals surface area contributed by atoms with Gasteiger partial charge in [-0.3, -0.25) is 0 Å². The zero-order valence-electron chi connectivity index (χ0n) is 13.6. The summed E-state index contributed by atoms with van der Waals surface area (Å²) < 4.78 is 17.9. The van der Waals surface area contributed by atoms with Crippen LogP contribution < -0.4 is 10.6 Å². The van der Waals surface area contributed by atoms with Gasteiger partial charge < -0.3 is 15.4 Å². The van der Waals surface area contributed by atoms with Crippen LogP contribution in [0.25, 0.3) is 0 Å². The van der Waals surface area contributed by atoms with Crippen molar-refractivity contribution < 1.29 is 18.7 Å². The molecule has 0 aliphatic carbocycles. The van der Waals surface area contributed by atoms with Gasteiger partial charge in [-0.1, -0.05) is 43.0 Å². The minimum Gasteiger partial charge on any atom is -0.460 e. The van der Waals surface area contributed by atoms with Crippen LogP contribution in [-0.2, 0) is 16.0 Å². The van der Waals surface area contributed by atoms with E-state index in [0.717, 1.165) is 5.56 Å². The molecule has 2 aromatic rings. The second-order valence-corrected chi connectivity index (χ2v) is 5.27. The number of carbonyl (C=O) groups is 2. The van der Waals surface area contributed by atoms with Crippen molar-refractivity contribution >= 4 is 17.7 Å². The second-order valence-electron chi connectivity index (χ2n) is 5.27. The molecule has 2 rings (SSSR count). The first-order valence-corrected chi connectivity index (χ1v) is 7.73. The molecule has 1 atom stereocenters. The van der Waals surface area contributed by atoms with Crippen LogP contribution in [0.2, 0.25) is 0 Å². The van der Waals surface area contributed by atoms with E-state index in [1.54, 1.807) is 0 Å². The molecule has 2 amide bonds. The number of ether oxygens (including phenoxy) is 1. The largest absolute Gasteiger partial charge is 0.460 e. The lowest BCUT2D eigenvalue weighted by Gasteiger charge is -2.18. The van der Waals surface area contributed by atoms with Crippen LogP contribution in [0.5, 0.6) is 0 Å². The molecular weight excluding hydrogens is 323 g/mol. The summed E-state index contributed by atoms with van der Waals surface area (Å²) >= 11 is 0. The van der Waals surface area contributed by atoms with E-state index in [0.29, 0.717) is 5.69 Å². The highest BCUT2D eigenvalue weighted by Gasteiger charge is 2.22. The SMILES string of the molecule is C=CCOC(=O)C(Cc1ccccc1)NC(=O)Nc1ccc(F)cc1. The van der Waals surface area contributed by atoms with Gasteiger partial charge in [-0.25, -0.2) is 14.0 Å². The third-order valence-corrected chi connectivity index (χ3v) is 3.32. The van der Waals surface area contributed by atoms with Crippen LogP contribution in [0.1, 0.15) is 5.56 Å². The standard InChI is InChI=1S/C19H19FN2O3/c1-2-12-25-18(23)17(13-14-6-4-3-5-7-14)22-19(24)21-16-10-8-15(20)9-11-16/h2-11,17H,1,12-13H2,(H2,21,22,24). The molecule has 0 fully saturated rings. The van der Waals surface area contributed by atoms with Gasteiger partial charge in [0, 0.05) is 12.1 Å². The maximum absolute atomic E-state index is 12.9. The van der Waals surface area contributed by atoms with Gasteiger partial charge in [0.2, 0.25) is 0 Å². The van der Waals surface area contributed by atoms with Crippen molar-refractivity contribution in [3.05, 3.63) is 78.6 Å². The first-order chi connectivity index (χ1) is 12.1. The Bertz CT molecular complexity index is 717. The molecule has 2 aromatic carbocycles. The Hall–Kier alpha value is -3.15. The summed E-state index contributed by atoms with van der Waals surface area (Å²) in [7, 11) is 0. The van der Waals surface area contributed by atoms with Crippen molar-refractivity contribution in [3.63, 3.8) is 0 Å². The molecule has 25 heavy (non-hydrogen) atoms. The van der Waals surface area contributed by atoms with Crippen LogP contribution in [0.15, 0.2) is 67.3 Å². The molecule has 0 aromatic heterocycles. The number of amides is 2. The summed E-state index contributed by atoms with van der Waals surface area (Å²) in [5.74, 6) is -0.959. The molecule has 5 nitrogen and oxygen atoms in total. The Balaban J connectivity index is 2.03. The molecule has 0 saturated carbocycles. The highest BCUT2D eigenvalue weighted by atomic mass is 19.1. The first kappa shape index (κ1) is 18.2. The van der Waals surface area contributed by atoms with E-state index >= 15 is 0 Å². The molecule has 0 heterocycles. The summed E-state index contributed by atoms with van der Waals surface area (Å²) in [5.41, 5.74) is 1.29. The van der Waals surface area contributed by atoms with Crippen molar-refractivity contribution in [2.45, 2.75) is 12.5 Å². The first-order valence-electron chi connectivity index (χ1n) is 7.73. The van der Waals surface area contributed by atoms with Crippen LogP contribution in [-0.4, -0.2) is 24.6 Å². The summed E-state index contributed by atoms with van der Waals surface area (Å²) in [5, 5.41) is 5.14. The second kappa shape index (κ2) is 9.22. The van der Waals surface area contributed by atoms with Gasteiger partial charge in [-0.15, -0.1) is 0 Å². The van der Waals surface area contributed by atoms with E-state index in [-0.39, 0.29) is 13.0 Å². The van der Waals surface area contributed by atoms with E-state index < -0.39 is 23.9 Å². The minimum absolute atomic E-state index is 0.0609. The molecule has 0 saturated heterocycles. The maximum Gasteiger partial charge on any atom is 0.329 e. The molecule has 2 N–H and O–H groups in total. The molecule has 0 bridgehead atoms. The van der Waals surface area contributed by atoms with Crippen molar-refractivity contribution in [2.24, 2.45) is 0 Å². The van der Waals surface area contributed by atoms with E-state index in [1.165, 1.54) is 30.3 Å². The lowest BCUT2D eigenvalue weighted by Crippen LogP contribution is -2.45. The Labute approximate surface area is 145 Å². The molecule has 130 valence electrons. The molecule has 0 aliphatic heterocycles. The quantitative estimate of drug-likeness (QED) is 0.599. The highest BCUT2D eigenvalue weighted by Crippen LogP contribution is 2.09. The van der Waals surface area contributed by atoms with Gasteiger partial charge in [0.15, 0.2) is 0 Å². The van der Waals surface area contributed by atoms with Crippen molar-refractivity contribution in [3.8, 4) is 0 Å². The number of anilines is 1. The Morgan fingerprint density at radius 2 is 1.80 bits per heavy atom. The van der Waals surface area contributed by atoms with Crippen LogP contribution in [0.4, 0.5) is 14.9 Å². The Kier molecular flexibility index (Phi) is 6.71. The third kappa shape index (κ3) is 6.10. The van der Waals surface area contributed by atoms with Crippen molar-refractivity contribution in [1.82, 2.24) is 5.32 Å². The van der Waals surface area contributed by atoms with Gasteiger partial charge >= 0.3 is 12.0 Å². The number of halogens is 1. The maximum atomic E-state index is 12.9. The van der Waals surface area contributed by atoms with Gasteiger partial charge in [0.1, 0.15) is 18.5 Å². The summed E-state index contributed by atoms with van der Waals surface area (Å²) in [4.78, 5) is 24.3. The van der Waals surface area contributed by atoms with Crippen molar-refractivity contribution in [1.29, 1.82) is 0 Å². The fraction of sp³-hybridized carbons (Fsp3) is 0.158. The predicted molar refractivity (Wildman–Crippen MR) is 93.6 cm³/mol. The monoisotopic (exact) mass is 342 g/mol. The normalized spacial score (nSPS) is 11.2. The van der Waals surface area contributed by atoms with Gasteiger partial charge in [-0.2, -0.15) is 0 Å². The number of esters is 1. The number of urea groups is 1. The number of hydrogen-bond acceptors (Lipinski definition) is 3. The smallest absolute Gasteiger partial charge is 0.329 e. The lowest BCUT2D eigenvalue weighted by atomic mass is 10.1. The Morgan fingerprint density at radius 3 is 2.44 bits per heavy atom. The number of hydrogen-bond donors (Lipinski definition) is 2. The summed E-state index contributed by atoms with van der Waals surface area (Å²) in [6.07, 6.45) is 1.74. The summed E-state index contributed by atoms with van der Waals surface area (Å²) in [6, 6.07) is 13.1. The predicted octanol–water partition coefficient (Wildman–Crippen LogP) is 3.29. The molecule has 0 radical (unpaired) electrons. The topological polar surface area (TPSA) is 67.4 Å². The average molecular weight is 342 g/mol.